The highest BCUT2D eigenvalue weighted by Crippen LogP contribution is 2.17. The molecule has 5 nitrogen and oxygen atoms in total. The number of ether oxygens (including phenoxy) is 1. The molecular weight excluding hydrogens is 260 g/mol. The summed E-state index contributed by atoms with van der Waals surface area (Å²) in [5.74, 6) is 0.571. The maximum Gasteiger partial charge on any atom is 0.215 e. The number of hydrogen-bond acceptors (Lipinski definition) is 4. The standard InChI is InChI=1S/C13H12N4OS/c1-18-11-5-4-10-12(16-11)17(13(19)15-10)8-9-3-2-6-14-7-9/h2-7H,8H2,1H3,(H,15,19). The molecule has 3 aromatic heterocycles. The molecule has 0 radical (unpaired) electrons. The Labute approximate surface area is 114 Å². The summed E-state index contributed by atoms with van der Waals surface area (Å²) in [5, 5.41) is 0. The van der Waals surface area contributed by atoms with Crippen molar-refractivity contribution in [2.75, 3.05) is 7.11 Å². The van der Waals surface area contributed by atoms with E-state index in [1.54, 1.807) is 13.3 Å². The van der Waals surface area contributed by atoms with Gasteiger partial charge in [-0.1, -0.05) is 6.07 Å². The van der Waals surface area contributed by atoms with Crippen molar-refractivity contribution in [2.45, 2.75) is 6.54 Å². The molecule has 0 spiro atoms. The van der Waals surface area contributed by atoms with E-state index >= 15 is 0 Å². The summed E-state index contributed by atoms with van der Waals surface area (Å²) in [6, 6.07) is 7.63. The first-order valence-corrected chi connectivity index (χ1v) is 6.21. The van der Waals surface area contributed by atoms with Gasteiger partial charge in [-0.05, 0) is 29.9 Å². The highest BCUT2D eigenvalue weighted by atomic mass is 32.1. The second-order valence-electron chi connectivity index (χ2n) is 4.10. The number of imidazole rings is 1. The number of rotatable bonds is 3. The Morgan fingerprint density at radius 2 is 2.26 bits per heavy atom. The monoisotopic (exact) mass is 272 g/mol. The van der Waals surface area contributed by atoms with Crippen molar-refractivity contribution >= 4 is 23.4 Å². The maximum atomic E-state index is 5.34. The predicted molar refractivity (Wildman–Crippen MR) is 74.8 cm³/mol. The molecule has 0 bridgehead atoms. The average Bonchev–Trinajstić information content (AvgIpc) is 2.76. The summed E-state index contributed by atoms with van der Waals surface area (Å²) in [7, 11) is 1.60. The highest BCUT2D eigenvalue weighted by molar-refractivity contribution is 7.71. The van der Waals surface area contributed by atoms with Crippen LogP contribution in [0.1, 0.15) is 5.56 Å². The van der Waals surface area contributed by atoms with Crippen LogP contribution in [0.25, 0.3) is 11.2 Å². The molecule has 0 aliphatic carbocycles. The first kappa shape index (κ1) is 11.9. The number of pyridine rings is 2. The first-order valence-electron chi connectivity index (χ1n) is 5.80. The number of fused-ring (bicyclic) bond motifs is 1. The van der Waals surface area contributed by atoms with Crippen LogP contribution < -0.4 is 4.74 Å². The van der Waals surface area contributed by atoms with Crippen LogP contribution in [-0.4, -0.2) is 26.6 Å². The van der Waals surface area contributed by atoms with Gasteiger partial charge in [-0.25, -0.2) is 0 Å². The molecule has 0 aliphatic heterocycles. The van der Waals surface area contributed by atoms with Crippen molar-refractivity contribution < 1.29 is 4.74 Å². The number of nitrogens with zero attached hydrogens (tertiary/aromatic N) is 3. The third kappa shape index (κ3) is 2.22. The number of aromatic nitrogens is 4. The lowest BCUT2D eigenvalue weighted by Gasteiger charge is -2.04. The minimum absolute atomic E-state index is 0.571. The molecule has 0 saturated heterocycles. The van der Waals surface area contributed by atoms with Gasteiger partial charge in [0.2, 0.25) is 5.88 Å². The summed E-state index contributed by atoms with van der Waals surface area (Å²) in [4.78, 5) is 11.7. The molecule has 3 aromatic rings. The molecule has 0 aromatic carbocycles. The predicted octanol–water partition coefficient (Wildman–Crippen LogP) is 2.55. The number of aromatic amines is 1. The van der Waals surface area contributed by atoms with Crippen molar-refractivity contribution in [3.63, 3.8) is 0 Å². The molecule has 0 aliphatic rings. The molecule has 6 heteroatoms. The molecule has 0 unspecified atom stereocenters. The number of nitrogens with one attached hydrogen (secondary N) is 1. The third-order valence-corrected chi connectivity index (χ3v) is 3.19. The smallest absolute Gasteiger partial charge is 0.215 e. The van der Waals surface area contributed by atoms with Gasteiger partial charge in [0.1, 0.15) is 0 Å². The normalized spacial score (nSPS) is 10.8. The Kier molecular flexibility index (Phi) is 3.00. The van der Waals surface area contributed by atoms with Gasteiger partial charge in [0.05, 0.1) is 19.2 Å². The fourth-order valence-corrected chi connectivity index (χ4v) is 2.21. The van der Waals surface area contributed by atoms with Crippen LogP contribution in [-0.2, 0) is 6.54 Å². The minimum atomic E-state index is 0.571. The topological polar surface area (TPSA) is 55.7 Å². The molecule has 0 amide bonds. The Bertz CT molecular complexity index is 763. The molecule has 96 valence electrons. The van der Waals surface area contributed by atoms with Gasteiger partial charge < -0.3 is 9.72 Å². The van der Waals surface area contributed by atoms with E-state index in [0.717, 1.165) is 16.7 Å². The first-order chi connectivity index (χ1) is 9.28. The molecular formula is C13H12N4OS. The number of H-pyrrole nitrogens is 1. The zero-order valence-electron chi connectivity index (χ0n) is 10.3. The van der Waals surface area contributed by atoms with E-state index in [1.165, 1.54) is 0 Å². The van der Waals surface area contributed by atoms with Crippen LogP contribution in [0.15, 0.2) is 36.7 Å². The molecule has 3 heterocycles. The van der Waals surface area contributed by atoms with Crippen LogP contribution in [0.5, 0.6) is 5.88 Å². The van der Waals surface area contributed by atoms with Gasteiger partial charge in [0.15, 0.2) is 10.4 Å². The van der Waals surface area contributed by atoms with E-state index in [9.17, 15) is 0 Å². The Morgan fingerprint density at radius 1 is 1.37 bits per heavy atom. The molecule has 19 heavy (non-hydrogen) atoms. The van der Waals surface area contributed by atoms with Gasteiger partial charge in [-0.2, -0.15) is 4.98 Å². The quantitative estimate of drug-likeness (QED) is 0.744. The van der Waals surface area contributed by atoms with Gasteiger partial charge in [0, 0.05) is 18.5 Å². The second-order valence-corrected chi connectivity index (χ2v) is 4.49. The Balaban J connectivity index is 2.12. The van der Waals surface area contributed by atoms with Crippen LogP contribution >= 0.6 is 12.2 Å². The van der Waals surface area contributed by atoms with Gasteiger partial charge >= 0.3 is 0 Å². The zero-order valence-corrected chi connectivity index (χ0v) is 11.1. The summed E-state index contributed by atoms with van der Waals surface area (Å²) in [5.41, 5.74) is 2.76. The van der Waals surface area contributed by atoms with Crippen LogP contribution in [0.2, 0.25) is 0 Å². The maximum absolute atomic E-state index is 5.34. The number of hydrogen-bond donors (Lipinski definition) is 1. The van der Waals surface area contributed by atoms with E-state index in [1.807, 2.05) is 35.0 Å². The van der Waals surface area contributed by atoms with E-state index in [4.69, 9.17) is 17.0 Å². The molecule has 0 fully saturated rings. The summed E-state index contributed by atoms with van der Waals surface area (Å²) >= 11 is 5.34. The minimum Gasteiger partial charge on any atom is -0.481 e. The zero-order chi connectivity index (χ0) is 13.2. The van der Waals surface area contributed by atoms with Gasteiger partial charge in [0.25, 0.3) is 0 Å². The fourth-order valence-electron chi connectivity index (χ4n) is 1.95. The SMILES string of the molecule is COc1ccc2[nH]c(=S)n(Cc3cccnc3)c2n1. The fraction of sp³-hybridized carbons (Fsp3) is 0.154. The van der Waals surface area contributed by atoms with Gasteiger partial charge in [-0.15, -0.1) is 0 Å². The molecule has 3 rings (SSSR count). The van der Waals surface area contributed by atoms with Crippen molar-refractivity contribution in [3.05, 3.63) is 47.0 Å². The molecule has 0 saturated carbocycles. The Morgan fingerprint density at radius 3 is 3.00 bits per heavy atom. The second kappa shape index (κ2) is 4.81. The van der Waals surface area contributed by atoms with E-state index in [2.05, 4.69) is 15.0 Å². The van der Waals surface area contributed by atoms with Crippen molar-refractivity contribution in [1.29, 1.82) is 0 Å². The van der Waals surface area contributed by atoms with Crippen molar-refractivity contribution in [2.24, 2.45) is 0 Å². The molecule has 1 N–H and O–H groups in total. The van der Waals surface area contributed by atoms with E-state index in [-0.39, 0.29) is 0 Å². The van der Waals surface area contributed by atoms with Crippen LogP contribution in [0.4, 0.5) is 0 Å². The Hall–Kier alpha value is -2.21. The van der Waals surface area contributed by atoms with Gasteiger partial charge in [-0.3, -0.25) is 9.55 Å². The van der Waals surface area contributed by atoms with E-state index < -0.39 is 0 Å². The largest absolute Gasteiger partial charge is 0.481 e. The number of methoxy groups -OCH3 is 1. The summed E-state index contributed by atoms with van der Waals surface area (Å²) in [6.07, 6.45) is 3.57. The lowest BCUT2D eigenvalue weighted by molar-refractivity contribution is 0.399. The van der Waals surface area contributed by atoms with Crippen molar-refractivity contribution in [3.8, 4) is 5.88 Å². The summed E-state index contributed by atoms with van der Waals surface area (Å²) in [6.45, 7) is 0.632. The average molecular weight is 272 g/mol. The lowest BCUT2D eigenvalue weighted by Crippen LogP contribution is -2.01. The van der Waals surface area contributed by atoms with E-state index in [0.29, 0.717) is 17.2 Å². The lowest BCUT2D eigenvalue weighted by atomic mass is 10.3. The van der Waals surface area contributed by atoms with Crippen LogP contribution in [0.3, 0.4) is 0 Å². The van der Waals surface area contributed by atoms with Crippen molar-refractivity contribution in [1.82, 2.24) is 19.5 Å². The third-order valence-electron chi connectivity index (χ3n) is 2.86. The molecule has 0 atom stereocenters. The van der Waals surface area contributed by atoms with Crippen LogP contribution in [0, 0.1) is 4.77 Å². The highest BCUT2D eigenvalue weighted by Gasteiger charge is 2.07. The summed E-state index contributed by atoms with van der Waals surface area (Å²) < 4.78 is 7.73.